The maximum Gasteiger partial charge on any atom is 0.324 e. The summed E-state index contributed by atoms with van der Waals surface area (Å²) in [6.45, 7) is 7.65. The van der Waals surface area contributed by atoms with E-state index in [1.54, 1.807) is 0 Å². The SMILES string of the molecule is CCN1CCCN(c2nc(C3CC3)no2)CC1. The Labute approximate surface area is 102 Å². The molecule has 0 bridgehead atoms. The maximum atomic E-state index is 5.38. The second kappa shape index (κ2) is 4.64. The maximum absolute atomic E-state index is 5.38. The van der Waals surface area contributed by atoms with Crippen molar-refractivity contribution in [3.63, 3.8) is 0 Å². The van der Waals surface area contributed by atoms with Crippen LogP contribution < -0.4 is 4.90 Å². The number of rotatable bonds is 3. The standard InChI is InChI=1S/C12H20N4O/c1-2-15-6-3-7-16(9-8-15)12-13-11(14-17-12)10-4-5-10/h10H,2-9H2,1H3. The van der Waals surface area contributed by atoms with Crippen molar-refractivity contribution in [3.8, 4) is 0 Å². The van der Waals surface area contributed by atoms with Crippen LogP contribution >= 0.6 is 0 Å². The average Bonchev–Trinajstić information content (AvgIpc) is 3.13. The first kappa shape index (κ1) is 11.0. The smallest absolute Gasteiger partial charge is 0.323 e. The van der Waals surface area contributed by atoms with E-state index in [0.29, 0.717) is 5.92 Å². The third-order valence-electron chi connectivity index (χ3n) is 3.68. The van der Waals surface area contributed by atoms with Crippen molar-refractivity contribution < 1.29 is 4.52 Å². The predicted octanol–water partition coefficient (Wildman–Crippen LogP) is 1.48. The fourth-order valence-electron chi connectivity index (χ4n) is 2.34. The van der Waals surface area contributed by atoms with Gasteiger partial charge in [-0.25, -0.2) is 0 Å². The third-order valence-corrected chi connectivity index (χ3v) is 3.68. The van der Waals surface area contributed by atoms with Crippen molar-refractivity contribution in [3.05, 3.63) is 5.82 Å². The molecule has 1 saturated carbocycles. The van der Waals surface area contributed by atoms with Gasteiger partial charge in [0, 0.05) is 25.6 Å². The number of aromatic nitrogens is 2. The first-order valence-electron chi connectivity index (χ1n) is 6.67. The van der Waals surface area contributed by atoms with E-state index in [1.807, 2.05) is 0 Å². The molecule has 1 saturated heterocycles. The normalized spacial score (nSPS) is 22.8. The molecule has 5 nitrogen and oxygen atoms in total. The first-order valence-corrected chi connectivity index (χ1v) is 6.67. The first-order chi connectivity index (χ1) is 8.36. The summed E-state index contributed by atoms with van der Waals surface area (Å²) < 4.78 is 5.38. The molecule has 0 atom stereocenters. The number of hydrogen-bond acceptors (Lipinski definition) is 5. The topological polar surface area (TPSA) is 45.4 Å². The van der Waals surface area contributed by atoms with Crippen molar-refractivity contribution in [2.45, 2.75) is 32.1 Å². The lowest BCUT2D eigenvalue weighted by molar-refractivity contribution is 0.309. The number of hydrogen-bond donors (Lipinski definition) is 0. The Balaban J connectivity index is 1.65. The van der Waals surface area contributed by atoms with E-state index < -0.39 is 0 Å². The fraction of sp³-hybridized carbons (Fsp3) is 0.833. The molecule has 1 aliphatic carbocycles. The van der Waals surface area contributed by atoms with Crippen molar-refractivity contribution in [1.29, 1.82) is 0 Å². The molecule has 3 rings (SSSR count). The molecule has 1 aliphatic heterocycles. The van der Waals surface area contributed by atoms with E-state index >= 15 is 0 Å². The average molecular weight is 236 g/mol. The van der Waals surface area contributed by atoms with E-state index in [1.165, 1.54) is 25.8 Å². The summed E-state index contributed by atoms with van der Waals surface area (Å²) >= 11 is 0. The lowest BCUT2D eigenvalue weighted by Crippen LogP contribution is -2.30. The molecule has 2 fully saturated rings. The molecule has 2 aliphatic rings. The van der Waals surface area contributed by atoms with Gasteiger partial charge in [-0.15, -0.1) is 0 Å². The molecule has 0 N–H and O–H groups in total. The fourth-order valence-corrected chi connectivity index (χ4v) is 2.34. The largest absolute Gasteiger partial charge is 0.324 e. The van der Waals surface area contributed by atoms with Crippen LogP contribution in [0.2, 0.25) is 0 Å². The zero-order valence-corrected chi connectivity index (χ0v) is 10.4. The van der Waals surface area contributed by atoms with Gasteiger partial charge in [0.1, 0.15) is 0 Å². The highest BCUT2D eigenvalue weighted by Crippen LogP contribution is 2.38. The highest BCUT2D eigenvalue weighted by molar-refractivity contribution is 5.26. The minimum absolute atomic E-state index is 0.576. The third kappa shape index (κ3) is 2.44. The van der Waals surface area contributed by atoms with Crippen LogP contribution in [0.5, 0.6) is 0 Å². The molecule has 0 unspecified atom stereocenters. The van der Waals surface area contributed by atoms with Gasteiger partial charge in [-0.1, -0.05) is 12.1 Å². The number of anilines is 1. The summed E-state index contributed by atoms with van der Waals surface area (Å²) in [6.07, 6.45) is 3.63. The minimum Gasteiger partial charge on any atom is -0.323 e. The molecule has 5 heteroatoms. The molecular formula is C12H20N4O. The Hall–Kier alpha value is -1.10. The summed E-state index contributed by atoms with van der Waals surface area (Å²) in [7, 11) is 0. The highest BCUT2D eigenvalue weighted by atomic mass is 16.5. The molecule has 17 heavy (non-hydrogen) atoms. The van der Waals surface area contributed by atoms with Crippen LogP contribution in [0.25, 0.3) is 0 Å². The Morgan fingerprint density at radius 3 is 2.88 bits per heavy atom. The van der Waals surface area contributed by atoms with Crippen molar-refractivity contribution in [1.82, 2.24) is 15.0 Å². The molecular weight excluding hydrogens is 216 g/mol. The Bertz CT molecular complexity index is 374. The molecule has 0 spiro atoms. The second-order valence-electron chi connectivity index (χ2n) is 4.98. The monoisotopic (exact) mass is 236 g/mol. The van der Waals surface area contributed by atoms with Gasteiger partial charge < -0.3 is 14.3 Å². The van der Waals surface area contributed by atoms with Gasteiger partial charge in [0.2, 0.25) is 0 Å². The molecule has 2 heterocycles. The van der Waals surface area contributed by atoms with Crippen LogP contribution in [0.1, 0.15) is 37.9 Å². The molecule has 1 aromatic heterocycles. The number of likely N-dealkylation sites (N-methyl/N-ethyl adjacent to an activating group) is 1. The number of nitrogens with zero attached hydrogens (tertiary/aromatic N) is 4. The molecule has 0 radical (unpaired) electrons. The summed E-state index contributed by atoms with van der Waals surface area (Å²) in [5.74, 6) is 1.49. The van der Waals surface area contributed by atoms with Crippen LogP contribution in [0.4, 0.5) is 6.01 Å². The molecule has 0 aromatic carbocycles. The summed E-state index contributed by atoms with van der Waals surface area (Å²) in [5.41, 5.74) is 0. The van der Waals surface area contributed by atoms with Crippen molar-refractivity contribution in [2.75, 3.05) is 37.6 Å². The van der Waals surface area contributed by atoms with Crippen LogP contribution in [0.3, 0.4) is 0 Å². The van der Waals surface area contributed by atoms with E-state index in [2.05, 4.69) is 26.9 Å². The van der Waals surface area contributed by atoms with Gasteiger partial charge in [-0.2, -0.15) is 4.98 Å². The quantitative estimate of drug-likeness (QED) is 0.795. The van der Waals surface area contributed by atoms with Gasteiger partial charge in [-0.3, -0.25) is 0 Å². The summed E-state index contributed by atoms with van der Waals surface area (Å²) in [6, 6.07) is 0.727. The summed E-state index contributed by atoms with van der Waals surface area (Å²) in [4.78, 5) is 9.22. The predicted molar refractivity (Wildman–Crippen MR) is 65.2 cm³/mol. The lowest BCUT2D eigenvalue weighted by atomic mass is 10.4. The molecule has 1 aromatic rings. The second-order valence-corrected chi connectivity index (χ2v) is 4.98. The van der Waals surface area contributed by atoms with E-state index in [0.717, 1.165) is 38.0 Å². The zero-order valence-electron chi connectivity index (χ0n) is 10.4. The van der Waals surface area contributed by atoms with Crippen LogP contribution in [-0.4, -0.2) is 47.8 Å². The van der Waals surface area contributed by atoms with Gasteiger partial charge in [0.25, 0.3) is 0 Å². The zero-order chi connectivity index (χ0) is 11.7. The van der Waals surface area contributed by atoms with Gasteiger partial charge in [0.15, 0.2) is 5.82 Å². The van der Waals surface area contributed by atoms with Gasteiger partial charge in [0.05, 0.1) is 0 Å². The van der Waals surface area contributed by atoms with Crippen LogP contribution in [0.15, 0.2) is 4.52 Å². The van der Waals surface area contributed by atoms with E-state index in [4.69, 9.17) is 4.52 Å². The van der Waals surface area contributed by atoms with Crippen LogP contribution in [-0.2, 0) is 0 Å². The summed E-state index contributed by atoms with van der Waals surface area (Å²) in [5, 5.41) is 4.08. The minimum atomic E-state index is 0.576. The van der Waals surface area contributed by atoms with Gasteiger partial charge in [-0.05, 0) is 32.4 Å². The lowest BCUT2D eigenvalue weighted by Gasteiger charge is -2.18. The van der Waals surface area contributed by atoms with Crippen molar-refractivity contribution in [2.24, 2.45) is 0 Å². The highest BCUT2D eigenvalue weighted by Gasteiger charge is 2.30. The van der Waals surface area contributed by atoms with Crippen molar-refractivity contribution >= 4 is 6.01 Å². The molecule has 94 valence electrons. The van der Waals surface area contributed by atoms with E-state index in [9.17, 15) is 0 Å². The van der Waals surface area contributed by atoms with Crippen LogP contribution in [0, 0.1) is 0 Å². The van der Waals surface area contributed by atoms with Gasteiger partial charge >= 0.3 is 6.01 Å². The Morgan fingerprint density at radius 1 is 1.24 bits per heavy atom. The molecule has 0 amide bonds. The Morgan fingerprint density at radius 2 is 2.12 bits per heavy atom. The van der Waals surface area contributed by atoms with E-state index in [-0.39, 0.29) is 0 Å². The Kier molecular flexibility index (Phi) is 3.01.